The molecule has 1 aliphatic carbocycles. The number of anilines is 1. The molecule has 1 fully saturated rings. The number of nitrogens with zero attached hydrogens (tertiary/aromatic N) is 3. The van der Waals surface area contributed by atoms with Crippen LogP contribution in [0.2, 0.25) is 0 Å². The van der Waals surface area contributed by atoms with Crippen molar-refractivity contribution in [1.29, 1.82) is 0 Å². The van der Waals surface area contributed by atoms with Gasteiger partial charge in [-0.05, 0) is 33.6 Å². The molecule has 2 aromatic heterocycles. The van der Waals surface area contributed by atoms with Gasteiger partial charge in [-0.15, -0.1) is 0 Å². The van der Waals surface area contributed by atoms with Gasteiger partial charge in [0.15, 0.2) is 5.65 Å². The molecule has 20 heavy (non-hydrogen) atoms. The second-order valence-corrected chi connectivity index (χ2v) is 6.45. The van der Waals surface area contributed by atoms with Crippen molar-refractivity contribution in [3.63, 3.8) is 0 Å². The van der Waals surface area contributed by atoms with E-state index in [1.54, 1.807) is 10.9 Å². The largest absolute Gasteiger partial charge is 0.353 e. The van der Waals surface area contributed by atoms with Gasteiger partial charge in [0.2, 0.25) is 5.95 Å². The SMILES string of the molecule is CC(C)(C)n1ncc2c(=O)[nH]c(NC3CC(N)C3)nc21. The highest BCUT2D eigenvalue weighted by atomic mass is 16.1. The van der Waals surface area contributed by atoms with Crippen molar-refractivity contribution < 1.29 is 0 Å². The maximum absolute atomic E-state index is 12.1. The topological polar surface area (TPSA) is 102 Å². The summed E-state index contributed by atoms with van der Waals surface area (Å²) in [5, 5.41) is 8.01. The van der Waals surface area contributed by atoms with E-state index >= 15 is 0 Å². The molecule has 108 valence electrons. The van der Waals surface area contributed by atoms with Gasteiger partial charge < -0.3 is 11.1 Å². The zero-order chi connectivity index (χ0) is 14.5. The number of rotatable bonds is 2. The number of fused-ring (bicyclic) bond motifs is 1. The van der Waals surface area contributed by atoms with Crippen LogP contribution < -0.4 is 16.6 Å². The lowest BCUT2D eigenvalue weighted by Gasteiger charge is -2.33. The molecule has 7 nitrogen and oxygen atoms in total. The fraction of sp³-hybridized carbons (Fsp3) is 0.615. The maximum Gasteiger partial charge on any atom is 0.263 e. The second kappa shape index (κ2) is 4.31. The van der Waals surface area contributed by atoms with Crippen molar-refractivity contribution in [1.82, 2.24) is 19.7 Å². The van der Waals surface area contributed by atoms with Crippen LogP contribution in [0.3, 0.4) is 0 Å². The van der Waals surface area contributed by atoms with Crippen LogP contribution in [0.1, 0.15) is 33.6 Å². The smallest absolute Gasteiger partial charge is 0.263 e. The minimum atomic E-state index is -0.224. The molecule has 0 unspecified atom stereocenters. The molecule has 4 N–H and O–H groups in total. The summed E-state index contributed by atoms with van der Waals surface area (Å²) in [6, 6.07) is 0.541. The number of hydrogen-bond acceptors (Lipinski definition) is 5. The molecule has 0 atom stereocenters. The fourth-order valence-corrected chi connectivity index (χ4v) is 2.45. The fourth-order valence-electron chi connectivity index (χ4n) is 2.45. The van der Waals surface area contributed by atoms with Gasteiger partial charge in [-0.3, -0.25) is 9.78 Å². The molecule has 0 amide bonds. The molecular formula is C13H20N6O. The average Bonchev–Trinajstić information content (AvgIpc) is 2.70. The third kappa shape index (κ3) is 2.18. The van der Waals surface area contributed by atoms with E-state index in [9.17, 15) is 4.79 Å². The number of nitrogens with one attached hydrogen (secondary N) is 2. The molecule has 0 spiro atoms. The first-order chi connectivity index (χ1) is 9.34. The Morgan fingerprint density at radius 3 is 2.75 bits per heavy atom. The van der Waals surface area contributed by atoms with E-state index in [1.165, 1.54) is 0 Å². The van der Waals surface area contributed by atoms with Gasteiger partial charge in [0.05, 0.1) is 11.7 Å². The first-order valence-corrected chi connectivity index (χ1v) is 6.85. The maximum atomic E-state index is 12.1. The van der Waals surface area contributed by atoms with E-state index in [0.717, 1.165) is 12.8 Å². The minimum absolute atomic E-state index is 0.170. The van der Waals surface area contributed by atoms with Crippen LogP contribution in [-0.4, -0.2) is 31.8 Å². The summed E-state index contributed by atoms with van der Waals surface area (Å²) in [5.74, 6) is 0.491. The van der Waals surface area contributed by atoms with Gasteiger partial charge in [-0.2, -0.15) is 10.1 Å². The van der Waals surface area contributed by atoms with E-state index in [0.29, 0.717) is 17.0 Å². The minimum Gasteiger partial charge on any atom is -0.353 e. The van der Waals surface area contributed by atoms with Gasteiger partial charge in [0, 0.05) is 12.1 Å². The van der Waals surface area contributed by atoms with Crippen LogP contribution in [0.5, 0.6) is 0 Å². The average molecular weight is 276 g/mol. The Morgan fingerprint density at radius 2 is 2.15 bits per heavy atom. The van der Waals surface area contributed by atoms with Crippen LogP contribution in [0, 0.1) is 0 Å². The highest BCUT2D eigenvalue weighted by Gasteiger charge is 2.27. The standard InChI is InChI=1S/C13H20N6O/c1-13(2,3)19-10-9(6-15-19)11(20)18-12(17-10)16-8-4-7(14)5-8/h6-8H,4-5,14H2,1-3H3,(H2,16,17,18,20). The molecule has 2 aromatic rings. The monoisotopic (exact) mass is 276 g/mol. The van der Waals surface area contributed by atoms with Crippen molar-refractivity contribution in [2.45, 2.75) is 51.2 Å². The Morgan fingerprint density at radius 1 is 1.45 bits per heavy atom. The summed E-state index contributed by atoms with van der Waals surface area (Å²) in [7, 11) is 0. The van der Waals surface area contributed by atoms with Gasteiger partial charge in [0.1, 0.15) is 5.39 Å². The van der Waals surface area contributed by atoms with Crippen LogP contribution in [0.15, 0.2) is 11.0 Å². The summed E-state index contributed by atoms with van der Waals surface area (Å²) in [4.78, 5) is 19.3. The Hall–Kier alpha value is -1.89. The van der Waals surface area contributed by atoms with Crippen LogP contribution in [-0.2, 0) is 5.54 Å². The quantitative estimate of drug-likeness (QED) is 0.752. The summed E-state index contributed by atoms with van der Waals surface area (Å²) in [6.07, 6.45) is 3.37. The van der Waals surface area contributed by atoms with Gasteiger partial charge in [-0.25, -0.2) is 4.68 Å². The van der Waals surface area contributed by atoms with Gasteiger partial charge in [-0.1, -0.05) is 0 Å². The summed E-state index contributed by atoms with van der Waals surface area (Å²) >= 11 is 0. The van der Waals surface area contributed by atoms with Crippen molar-refractivity contribution in [2.24, 2.45) is 5.73 Å². The lowest BCUT2D eigenvalue weighted by molar-refractivity contribution is 0.365. The van der Waals surface area contributed by atoms with E-state index in [2.05, 4.69) is 20.4 Å². The highest BCUT2D eigenvalue weighted by Crippen LogP contribution is 2.22. The van der Waals surface area contributed by atoms with E-state index in [1.807, 2.05) is 20.8 Å². The first kappa shape index (κ1) is 13.1. The normalized spacial score (nSPS) is 22.8. The molecule has 0 bridgehead atoms. The summed E-state index contributed by atoms with van der Waals surface area (Å²) < 4.78 is 1.77. The molecular weight excluding hydrogens is 256 g/mol. The molecule has 0 saturated heterocycles. The van der Waals surface area contributed by atoms with Crippen molar-refractivity contribution in [2.75, 3.05) is 5.32 Å². The van der Waals surface area contributed by atoms with E-state index in [4.69, 9.17) is 5.73 Å². The van der Waals surface area contributed by atoms with Crippen LogP contribution in [0.4, 0.5) is 5.95 Å². The number of hydrogen-bond donors (Lipinski definition) is 3. The van der Waals surface area contributed by atoms with Crippen molar-refractivity contribution in [3.05, 3.63) is 16.6 Å². The highest BCUT2D eigenvalue weighted by molar-refractivity contribution is 5.74. The molecule has 7 heteroatoms. The van der Waals surface area contributed by atoms with Crippen LogP contribution in [0.25, 0.3) is 11.0 Å². The number of nitrogens with two attached hydrogens (primary N) is 1. The second-order valence-electron chi connectivity index (χ2n) is 6.45. The van der Waals surface area contributed by atoms with E-state index in [-0.39, 0.29) is 23.2 Å². The molecule has 0 radical (unpaired) electrons. The van der Waals surface area contributed by atoms with Crippen molar-refractivity contribution in [3.8, 4) is 0 Å². The van der Waals surface area contributed by atoms with Gasteiger partial charge in [0.25, 0.3) is 5.56 Å². The molecule has 1 saturated carbocycles. The molecule has 1 aliphatic rings. The molecule has 0 aromatic carbocycles. The molecule has 0 aliphatic heterocycles. The van der Waals surface area contributed by atoms with Crippen molar-refractivity contribution >= 4 is 17.0 Å². The predicted octanol–water partition coefficient (Wildman–Crippen LogP) is 0.776. The Kier molecular flexibility index (Phi) is 2.82. The lowest BCUT2D eigenvalue weighted by Crippen LogP contribution is -2.45. The zero-order valence-corrected chi connectivity index (χ0v) is 12.0. The summed E-state index contributed by atoms with van der Waals surface area (Å²) in [6.45, 7) is 6.08. The molecule has 2 heterocycles. The third-order valence-electron chi connectivity index (χ3n) is 3.59. The Labute approximate surface area is 116 Å². The molecule has 3 rings (SSSR count). The van der Waals surface area contributed by atoms with E-state index < -0.39 is 0 Å². The predicted molar refractivity (Wildman–Crippen MR) is 77.8 cm³/mol. The number of H-pyrrole nitrogens is 1. The lowest BCUT2D eigenvalue weighted by atomic mass is 9.88. The van der Waals surface area contributed by atoms with Crippen LogP contribution >= 0.6 is 0 Å². The number of aromatic nitrogens is 4. The Bertz CT molecular complexity index is 689. The third-order valence-corrected chi connectivity index (χ3v) is 3.59. The zero-order valence-electron chi connectivity index (χ0n) is 12.0. The Balaban J connectivity index is 2.00. The van der Waals surface area contributed by atoms with Gasteiger partial charge >= 0.3 is 0 Å². The summed E-state index contributed by atoms with van der Waals surface area (Å²) in [5.41, 5.74) is 5.97. The first-order valence-electron chi connectivity index (χ1n) is 6.85. The number of aromatic amines is 1.